The van der Waals surface area contributed by atoms with Crippen LogP contribution in [-0.2, 0) is 6.54 Å². The van der Waals surface area contributed by atoms with Gasteiger partial charge in [-0.2, -0.15) is 0 Å². The molecule has 1 saturated carbocycles. The average Bonchev–Trinajstić information content (AvgIpc) is 2.58. The van der Waals surface area contributed by atoms with Crippen LogP contribution in [0.5, 0.6) is 0 Å². The van der Waals surface area contributed by atoms with Crippen LogP contribution in [0.25, 0.3) is 10.8 Å². The van der Waals surface area contributed by atoms with Gasteiger partial charge in [-0.1, -0.05) is 48.9 Å². The number of hydrogen-bond donors (Lipinski definition) is 3. The molecule has 2 amide bonds. The van der Waals surface area contributed by atoms with E-state index in [0.29, 0.717) is 19.0 Å². The van der Waals surface area contributed by atoms with Gasteiger partial charge in [0.1, 0.15) is 0 Å². The van der Waals surface area contributed by atoms with Crippen LogP contribution in [0.15, 0.2) is 42.5 Å². The van der Waals surface area contributed by atoms with E-state index in [1.807, 2.05) is 24.3 Å². The zero-order valence-electron chi connectivity index (χ0n) is 13.3. The summed E-state index contributed by atoms with van der Waals surface area (Å²) in [5, 5.41) is 17.9. The van der Waals surface area contributed by atoms with Crippen molar-refractivity contribution >= 4 is 16.8 Å². The summed E-state index contributed by atoms with van der Waals surface area (Å²) >= 11 is 0. The predicted molar refractivity (Wildman–Crippen MR) is 92.2 cm³/mol. The summed E-state index contributed by atoms with van der Waals surface area (Å²) in [7, 11) is 0. The molecule has 122 valence electrons. The van der Waals surface area contributed by atoms with Gasteiger partial charge >= 0.3 is 6.03 Å². The van der Waals surface area contributed by atoms with Gasteiger partial charge in [0, 0.05) is 13.1 Å². The minimum Gasteiger partial charge on any atom is -0.393 e. The van der Waals surface area contributed by atoms with Gasteiger partial charge in [0.2, 0.25) is 0 Å². The molecule has 23 heavy (non-hydrogen) atoms. The van der Waals surface area contributed by atoms with E-state index < -0.39 is 0 Å². The molecule has 0 heterocycles. The van der Waals surface area contributed by atoms with E-state index in [0.717, 1.165) is 31.2 Å². The number of rotatable bonds is 4. The van der Waals surface area contributed by atoms with Gasteiger partial charge in [-0.3, -0.25) is 0 Å². The van der Waals surface area contributed by atoms with E-state index in [1.54, 1.807) is 0 Å². The van der Waals surface area contributed by atoms with Gasteiger partial charge in [0.15, 0.2) is 0 Å². The Balaban J connectivity index is 1.50. The quantitative estimate of drug-likeness (QED) is 0.812. The fraction of sp³-hybridized carbons (Fsp3) is 0.421. The maximum atomic E-state index is 12.0. The molecule has 0 saturated heterocycles. The summed E-state index contributed by atoms with van der Waals surface area (Å²) < 4.78 is 0. The number of carbonyl (C=O) groups is 1. The van der Waals surface area contributed by atoms with Crippen molar-refractivity contribution in [1.29, 1.82) is 0 Å². The van der Waals surface area contributed by atoms with Crippen LogP contribution in [0.3, 0.4) is 0 Å². The monoisotopic (exact) mass is 312 g/mol. The maximum Gasteiger partial charge on any atom is 0.315 e. The highest BCUT2D eigenvalue weighted by atomic mass is 16.3. The fourth-order valence-corrected chi connectivity index (χ4v) is 3.37. The lowest BCUT2D eigenvalue weighted by Crippen LogP contribution is -2.39. The highest BCUT2D eigenvalue weighted by Crippen LogP contribution is 2.23. The van der Waals surface area contributed by atoms with E-state index in [1.165, 1.54) is 10.8 Å². The molecule has 2 aromatic rings. The molecule has 0 bridgehead atoms. The number of fused-ring (bicyclic) bond motifs is 1. The third-order valence-corrected chi connectivity index (χ3v) is 4.63. The van der Waals surface area contributed by atoms with Crippen molar-refractivity contribution in [3.05, 3.63) is 48.0 Å². The Morgan fingerprint density at radius 1 is 1.09 bits per heavy atom. The van der Waals surface area contributed by atoms with Crippen molar-refractivity contribution in [1.82, 2.24) is 10.6 Å². The number of hydrogen-bond acceptors (Lipinski definition) is 2. The van der Waals surface area contributed by atoms with Crippen LogP contribution < -0.4 is 10.6 Å². The molecule has 4 heteroatoms. The standard InChI is InChI=1S/C19H24N2O2/c22-17-9-3-5-14(11-17)12-20-19(23)21-13-16-8-4-7-15-6-1-2-10-18(15)16/h1-2,4,6-8,10,14,17,22H,3,5,9,11-13H2,(H2,20,21,23). The number of benzene rings is 2. The summed E-state index contributed by atoms with van der Waals surface area (Å²) in [5.74, 6) is 0.391. The Bertz CT molecular complexity index is 666. The van der Waals surface area contributed by atoms with Crippen LogP contribution in [0, 0.1) is 5.92 Å². The Kier molecular flexibility index (Phi) is 5.13. The maximum absolute atomic E-state index is 12.0. The molecule has 1 fully saturated rings. The molecule has 4 nitrogen and oxygen atoms in total. The first-order valence-electron chi connectivity index (χ1n) is 8.39. The van der Waals surface area contributed by atoms with Gasteiger partial charge < -0.3 is 15.7 Å². The van der Waals surface area contributed by atoms with Gasteiger partial charge in [-0.25, -0.2) is 4.79 Å². The lowest BCUT2D eigenvalue weighted by Gasteiger charge is -2.25. The molecule has 1 aliphatic rings. The van der Waals surface area contributed by atoms with E-state index in [2.05, 4.69) is 28.8 Å². The Morgan fingerprint density at radius 3 is 2.78 bits per heavy atom. The number of amides is 2. The van der Waals surface area contributed by atoms with Gasteiger partial charge in [-0.15, -0.1) is 0 Å². The summed E-state index contributed by atoms with van der Waals surface area (Å²) in [4.78, 5) is 12.0. The molecule has 2 unspecified atom stereocenters. The van der Waals surface area contributed by atoms with E-state index in [4.69, 9.17) is 0 Å². The van der Waals surface area contributed by atoms with Crippen molar-refractivity contribution in [2.24, 2.45) is 5.92 Å². The van der Waals surface area contributed by atoms with Crippen molar-refractivity contribution in [2.45, 2.75) is 38.3 Å². The molecule has 0 aromatic heterocycles. The largest absolute Gasteiger partial charge is 0.393 e. The van der Waals surface area contributed by atoms with E-state index >= 15 is 0 Å². The third-order valence-electron chi connectivity index (χ3n) is 4.63. The summed E-state index contributed by atoms with van der Waals surface area (Å²) in [5.41, 5.74) is 1.12. The molecule has 2 aromatic carbocycles. The zero-order valence-corrected chi connectivity index (χ0v) is 13.3. The van der Waals surface area contributed by atoms with Crippen molar-refractivity contribution < 1.29 is 9.90 Å². The normalized spacial score (nSPS) is 21.1. The second-order valence-corrected chi connectivity index (χ2v) is 6.39. The van der Waals surface area contributed by atoms with Crippen molar-refractivity contribution in [3.63, 3.8) is 0 Å². The minimum atomic E-state index is -0.200. The summed E-state index contributed by atoms with van der Waals surface area (Å²) in [6, 6.07) is 14.2. The first-order chi connectivity index (χ1) is 11.2. The lowest BCUT2D eigenvalue weighted by molar-refractivity contribution is 0.101. The third kappa shape index (κ3) is 4.23. The number of urea groups is 1. The molecule has 0 spiro atoms. The van der Waals surface area contributed by atoms with Gasteiger partial charge in [0.05, 0.1) is 6.10 Å². The Hall–Kier alpha value is -2.07. The molecule has 2 atom stereocenters. The van der Waals surface area contributed by atoms with Crippen LogP contribution in [0.2, 0.25) is 0 Å². The number of aliphatic hydroxyl groups is 1. The highest BCUT2D eigenvalue weighted by molar-refractivity contribution is 5.86. The second-order valence-electron chi connectivity index (χ2n) is 6.39. The van der Waals surface area contributed by atoms with E-state index in [9.17, 15) is 9.90 Å². The number of carbonyl (C=O) groups excluding carboxylic acids is 1. The predicted octanol–water partition coefficient (Wildman–Crippen LogP) is 3.19. The molecular weight excluding hydrogens is 288 g/mol. The molecule has 0 radical (unpaired) electrons. The van der Waals surface area contributed by atoms with Crippen LogP contribution in [-0.4, -0.2) is 23.8 Å². The molecule has 0 aliphatic heterocycles. The van der Waals surface area contributed by atoms with Gasteiger partial charge in [0.25, 0.3) is 0 Å². The number of nitrogens with one attached hydrogen (secondary N) is 2. The second kappa shape index (κ2) is 7.47. The average molecular weight is 312 g/mol. The number of aliphatic hydroxyl groups excluding tert-OH is 1. The molecular formula is C19H24N2O2. The lowest BCUT2D eigenvalue weighted by atomic mass is 9.87. The van der Waals surface area contributed by atoms with Gasteiger partial charge in [-0.05, 0) is 41.5 Å². The van der Waals surface area contributed by atoms with Crippen LogP contribution in [0.1, 0.15) is 31.2 Å². The Morgan fingerprint density at radius 2 is 1.91 bits per heavy atom. The van der Waals surface area contributed by atoms with Crippen LogP contribution >= 0.6 is 0 Å². The summed E-state index contributed by atoms with van der Waals surface area (Å²) in [6.45, 7) is 1.15. The zero-order chi connectivity index (χ0) is 16.1. The highest BCUT2D eigenvalue weighted by Gasteiger charge is 2.20. The first kappa shape index (κ1) is 15.8. The first-order valence-corrected chi connectivity index (χ1v) is 8.39. The fourth-order valence-electron chi connectivity index (χ4n) is 3.37. The molecule has 3 N–H and O–H groups in total. The van der Waals surface area contributed by atoms with Crippen molar-refractivity contribution in [3.8, 4) is 0 Å². The Labute approximate surface area is 136 Å². The topological polar surface area (TPSA) is 61.4 Å². The SMILES string of the molecule is O=C(NCc1cccc2ccccc12)NCC1CCCC(O)C1. The smallest absolute Gasteiger partial charge is 0.315 e. The molecule has 3 rings (SSSR count). The minimum absolute atomic E-state index is 0.141. The van der Waals surface area contributed by atoms with E-state index in [-0.39, 0.29) is 12.1 Å². The van der Waals surface area contributed by atoms with Crippen molar-refractivity contribution in [2.75, 3.05) is 6.54 Å². The molecule has 1 aliphatic carbocycles. The van der Waals surface area contributed by atoms with Crippen LogP contribution in [0.4, 0.5) is 4.79 Å². The summed E-state index contributed by atoms with van der Waals surface area (Å²) in [6.07, 6.45) is 3.62.